The zero-order valence-corrected chi connectivity index (χ0v) is 21.9. The molecule has 4 amide bonds. The van der Waals surface area contributed by atoms with Crippen LogP contribution < -0.4 is 21.3 Å². The third kappa shape index (κ3) is 8.17. The highest BCUT2D eigenvalue weighted by Gasteiger charge is 2.31. The van der Waals surface area contributed by atoms with E-state index >= 15 is 0 Å². The van der Waals surface area contributed by atoms with Crippen LogP contribution in [-0.2, 0) is 20.8 Å². The maximum atomic E-state index is 13.3. The van der Waals surface area contributed by atoms with Crippen molar-refractivity contribution in [2.24, 2.45) is 11.8 Å². The number of benzene rings is 2. The van der Waals surface area contributed by atoms with Crippen LogP contribution in [-0.4, -0.2) is 65.3 Å². The van der Waals surface area contributed by atoms with Crippen LogP contribution in [0.1, 0.15) is 45.1 Å². The zero-order valence-electron chi connectivity index (χ0n) is 21.9. The van der Waals surface area contributed by atoms with Crippen molar-refractivity contribution in [3.63, 3.8) is 0 Å². The first kappa shape index (κ1) is 28.9. The van der Waals surface area contributed by atoms with Crippen LogP contribution in [0, 0.1) is 11.8 Å². The van der Waals surface area contributed by atoms with Gasteiger partial charge in [0.1, 0.15) is 12.1 Å². The highest BCUT2D eigenvalue weighted by atomic mass is 16.4. The molecule has 1 fully saturated rings. The number of hydrogen-bond acceptors (Lipinski definition) is 5. The third-order valence-electron chi connectivity index (χ3n) is 6.79. The summed E-state index contributed by atoms with van der Waals surface area (Å²) in [4.78, 5) is 50.2. The monoisotopic (exact) mass is 526 g/mol. The van der Waals surface area contributed by atoms with Crippen LogP contribution in [0.15, 0.2) is 42.5 Å². The summed E-state index contributed by atoms with van der Waals surface area (Å²) in [5.74, 6) is -1.45. The molecule has 206 valence electrons. The van der Waals surface area contributed by atoms with E-state index in [0.29, 0.717) is 25.8 Å². The van der Waals surface area contributed by atoms with E-state index in [9.17, 15) is 29.4 Å². The summed E-state index contributed by atoms with van der Waals surface area (Å²) in [5, 5.41) is 31.8. The van der Waals surface area contributed by atoms with Crippen molar-refractivity contribution in [2.75, 3.05) is 13.2 Å². The van der Waals surface area contributed by atoms with Crippen molar-refractivity contribution in [3.8, 4) is 0 Å². The summed E-state index contributed by atoms with van der Waals surface area (Å²) in [6.45, 7) is 4.09. The van der Waals surface area contributed by atoms with Gasteiger partial charge in [-0.05, 0) is 47.9 Å². The first-order chi connectivity index (χ1) is 18.2. The number of carbonyl (C=O) groups excluding carboxylic acids is 3. The number of fused-ring (bicyclic) bond motifs is 1. The van der Waals surface area contributed by atoms with Gasteiger partial charge < -0.3 is 31.5 Å². The molecule has 4 atom stereocenters. The molecule has 1 aliphatic heterocycles. The minimum atomic E-state index is -1.35. The molecule has 0 aliphatic carbocycles. The summed E-state index contributed by atoms with van der Waals surface area (Å²) in [6.07, 6.45) is 0.880. The van der Waals surface area contributed by atoms with Crippen LogP contribution in [0.3, 0.4) is 0 Å². The Morgan fingerprint density at radius 2 is 1.71 bits per heavy atom. The fourth-order valence-corrected chi connectivity index (χ4v) is 4.91. The number of carbonyl (C=O) groups is 4. The molecule has 0 radical (unpaired) electrons. The molecular formula is C28H38N4O6. The number of nitrogens with one attached hydrogen (secondary N) is 4. The second kappa shape index (κ2) is 13.8. The van der Waals surface area contributed by atoms with Crippen molar-refractivity contribution in [2.45, 2.75) is 64.1 Å². The molecule has 3 rings (SSSR count). The predicted octanol–water partition coefficient (Wildman–Crippen LogP) is 1.94. The Hall–Kier alpha value is -3.66. The van der Waals surface area contributed by atoms with Gasteiger partial charge in [0.25, 0.3) is 0 Å². The Morgan fingerprint density at radius 1 is 1.00 bits per heavy atom. The van der Waals surface area contributed by atoms with E-state index in [1.54, 1.807) is 0 Å². The Morgan fingerprint density at radius 3 is 2.39 bits per heavy atom. The molecular weight excluding hydrogens is 488 g/mol. The molecule has 0 bridgehead atoms. The Labute approximate surface area is 222 Å². The van der Waals surface area contributed by atoms with E-state index in [2.05, 4.69) is 21.3 Å². The average molecular weight is 527 g/mol. The minimum Gasteiger partial charge on any atom is -0.465 e. The van der Waals surface area contributed by atoms with E-state index in [4.69, 9.17) is 0 Å². The van der Waals surface area contributed by atoms with Gasteiger partial charge in [-0.15, -0.1) is 0 Å². The number of hydrogen-bond donors (Lipinski definition) is 6. The van der Waals surface area contributed by atoms with Crippen LogP contribution in [0.2, 0.25) is 0 Å². The summed E-state index contributed by atoms with van der Waals surface area (Å²) >= 11 is 0. The van der Waals surface area contributed by atoms with Crippen molar-refractivity contribution in [1.29, 1.82) is 0 Å². The second-order valence-electron chi connectivity index (χ2n) is 10.3. The Bertz CT molecular complexity index is 1130. The van der Waals surface area contributed by atoms with Gasteiger partial charge in [0, 0.05) is 18.9 Å². The molecule has 0 spiro atoms. The largest absolute Gasteiger partial charge is 0.465 e. The van der Waals surface area contributed by atoms with Crippen LogP contribution in [0.25, 0.3) is 10.8 Å². The number of carboxylic acid groups (broad SMARTS) is 1. The molecule has 2 aromatic carbocycles. The van der Waals surface area contributed by atoms with Crippen molar-refractivity contribution >= 4 is 34.6 Å². The van der Waals surface area contributed by atoms with Gasteiger partial charge in [0.15, 0.2) is 0 Å². The maximum Gasteiger partial charge on any atom is 0.405 e. The molecule has 6 N–H and O–H groups in total. The van der Waals surface area contributed by atoms with Gasteiger partial charge in [0.05, 0.1) is 12.6 Å². The van der Waals surface area contributed by atoms with Gasteiger partial charge in [-0.2, -0.15) is 0 Å². The zero-order chi connectivity index (χ0) is 27.7. The van der Waals surface area contributed by atoms with Crippen molar-refractivity contribution in [1.82, 2.24) is 21.3 Å². The lowest BCUT2D eigenvalue weighted by Crippen LogP contribution is -2.56. The number of aliphatic hydroxyl groups is 1. The van der Waals surface area contributed by atoms with E-state index in [1.807, 2.05) is 56.3 Å². The van der Waals surface area contributed by atoms with Crippen LogP contribution >= 0.6 is 0 Å². The fraction of sp³-hybridized carbons (Fsp3) is 0.500. The van der Waals surface area contributed by atoms with E-state index in [1.165, 1.54) is 0 Å². The fourth-order valence-electron chi connectivity index (χ4n) is 4.91. The summed E-state index contributed by atoms with van der Waals surface area (Å²) < 4.78 is 0. The lowest BCUT2D eigenvalue weighted by Gasteiger charge is -2.28. The smallest absolute Gasteiger partial charge is 0.405 e. The molecule has 1 saturated heterocycles. The lowest BCUT2D eigenvalue weighted by atomic mass is 9.91. The van der Waals surface area contributed by atoms with Gasteiger partial charge in [0.2, 0.25) is 17.7 Å². The summed E-state index contributed by atoms with van der Waals surface area (Å²) in [5.41, 5.74) is 0.799. The maximum absolute atomic E-state index is 13.3. The molecule has 3 unspecified atom stereocenters. The number of aliphatic hydroxyl groups excluding tert-OH is 1. The van der Waals surface area contributed by atoms with Gasteiger partial charge >= 0.3 is 6.09 Å². The molecule has 10 nitrogen and oxygen atoms in total. The standard InChI is InChI=1S/C28H38N4O6/c1-17(2)13-23(26(35)30-21(16-33)14-20-10-6-12-29-25(20)34)31-27(36)24(32-28(37)38)15-19-9-5-8-18-7-3-4-11-22(18)19/h3-5,7-9,11,17,20-21,23-24,32-33H,6,10,12-16H2,1-2H3,(H,29,34)(H,30,35)(H,31,36)(H,37,38)/t20-,21?,23?,24?/m0/s1. The number of piperidine rings is 1. The van der Waals surface area contributed by atoms with Crippen molar-refractivity contribution in [3.05, 3.63) is 48.0 Å². The van der Waals surface area contributed by atoms with Gasteiger partial charge in [-0.1, -0.05) is 56.3 Å². The summed E-state index contributed by atoms with van der Waals surface area (Å²) in [6, 6.07) is 10.6. The van der Waals surface area contributed by atoms with Crippen LogP contribution in [0.4, 0.5) is 4.79 Å². The first-order valence-corrected chi connectivity index (χ1v) is 13.1. The molecule has 1 aliphatic rings. The predicted molar refractivity (Wildman–Crippen MR) is 143 cm³/mol. The second-order valence-corrected chi connectivity index (χ2v) is 10.3. The highest BCUT2D eigenvalue weighted by molar-refractivity contribution is 5.92. The summed E-state index contributed by atoms with van der Waals surface area (Å²) in [7, 11) is 0. The molecule has 1 heterocycles. The Kier molecular flexibility index (Phi) is 10.5. The number of rotatable bonds is 12. The molecule has 10 heteroatoms. The Balaban J connectivity index is 1.73. The van der Waals surface area contributed by atoms with E-state index in [-0.39, 0.29) is 30.8 Å². The quantitative estimate of drug-likeness (QED) is 0.248. The highest BCUT2D eigenvalue weighted by Crippen LogP contribution is 2.21. The first-order valence-electron chi connectivity index (χ1n) is 13.1. The molecule has 0 aromatic heterocycles. The molecule has 0 saturated carbocycles. The van der Waals surface area contributed by atoms with Gasteiger partial charge in [-0.25, -0.2) is 4.79 Å². The topological polar surface area (TPSA) is 157 Å². The van der Waals surface area contributed by atoms with Gasteiger partial charge in [-0.3, -0.25) is 14.4 Å². The number of amides is 4. The minimum absolute atomic E-state index is 0.0479. The SMILES string of the molecule is CC(C)CC(NC(=O)C(Cc1cccc2ccccc12)NC(=O)O)C(=O)NC(CO)C[C@@H]1CCCNC1=O. The third-order valence-corrected chi connectivity index (χ3v) is 6.79. The molecule has 2 aromatic rings. The normalized spacial score (nSPS) is 17.8. The molecule has 38 heavy (non-hydrogen) atoms. The van der Waals surface area contributed by atoms with E-state index in [0.717, 1.165) is 22.8 Å². The van der Waals surface area contributed by atoms with E-state index < -0.39 is 36.0 Å². The van der Waals surface area contributed by atoms with Crippen LogP contribution in [0.5, 0.6) is 0 Å². The average Bonchev–Trinajstić information content (AvgIpc) is 2.88. The lowest BCUT2D eigenvalue weighted by molar-refractivity contribution is -0.131. The van der Waals surface area contributed by atoms with Crippen molar-refractivity contribution < 1.29 is 29.4 Å².